The van der Waals surface area contributed by atoms with Gasteiger partial charge >= 0.3 is 0 Å². The number of halogens is 1. The smallest absolute Gasteiger partial charge is 0.272 e. The van der Waals surface area contributed by atoms with E-state index in [1.807, 2.05) is 6.92 Å². The Hall–Kier alpha value is -2.07. The first kappa shape index (κ1) is 13.4. The second-order valence-electron chi connectivity index (χ2n) is 4.21. The number of amides is 1. The molecule has 0 atom stereocenters. The molecule has 0 aliphatic heterocycles. The fourth-order valence-electron chi connectivity index (χ4n) is 1.67. The third kappa shape index (κ3) is 2.85. The van der Waals surface area contributed by atoms with Crippen LogP contribution in [0.25, 0.3) is 0 Å². The van der Waals surface area contributed by atoms with Crippen LogP contribution in [0.3, 0.4) is 0 Å². The van der Waals surface area contributed by atoms with Crippen molar-refractivity contribution in [2.45, 2.75) is 13.8 Å². The Balaban J connectivity index is 2.21. The topological polar surface area (TPSA) is 62.0 Å². The molecule has 2 rings (SSSR count). The highest BCUT2D eigenvalue weighted by atomic mass is 35.5. The van der Waals surface area contributed by atoms with E-state index in [-0.39, 0.29) is 11.7 Å². The van der Waals surface area contributed by atoms with Gasteiger partial charge < -0.3 is 10.3 Å². The van der Waals surface area contributed by atoms with Gasteiger partial charge in [-0.2, -0.15) is 0 Å². The van der Waals surface area contributed by atoms with Crippen molar-refractivity contribution in [2.24, 2.45) is 0 Å². The molecule has 0 saturated carbocycles. The van der Waals surface area contributed by atoms with Crippen LogP contribution in [0.1, 0.15) is 33.5 Å². The van der Waals surface area contributed by atoms with Gasteiger partial charge in [0.25, 0.3) is 5.91 Å². The van der Waals surface area contributed by atoms with Crippen LogP contribution in [0.5, 0.6) is 0 Å². The Bertz CT molecular complexity index is 647. The molecular weight excluding hydrogens is 264 g/mol. The number of H-pyrrole nitrogens is 1. The van der Waals surface area contributed by atoms with Gasteiger partial charge in [0.2, 0.25) is 0 Å². The van der Waals surface area contributed by atoms with E-state index in [9.17, 15) is 9.59 Å². The van der Waals surface area contributed by atoms with Crippen LogP contribution in [-0.4, -0.2) is 16.7 Å². The Morgan fingerprint density at radius 1 is 1.16 bits per heavy atom. The highest BCUT2D eigenvalue weighted by molar-refractivity contribution is 6.31. The monoisotopic (exact) mass is 276 g/mol. The lowest BCUT2D eigenvalue weighted by Crippen LogP contribution is -2.13. The van der Waals surface area contributed by atoms with Crippen LogP contribution in [0, 0.1) is 6.92 Å². The number of aromatic amines is 1. The van der Waals surface area contributed by atoms with Crippen molar-refractivity contribution in [1.82, 2.24) is 4.98 Å². The average molecular weight is 277 g/mol. The van der Waals surface area contributed by atoms with E-state index in [1.54, 1.807) is 30.3 Å². The highest BCUT2D eigenvalue weighted by Gasteiger charge is 2.12. The molecule has 4 nitrogen and oxygen atoms in total. The molecule has 1 aromatic carbocycles. The van der Waals surface area contributed by atoms with Crippen molar-refractivity contribution in [2.75, 3.05) is 5.32 Å². The van der Waals surface area contributed by atoms with Gasteiger partial charge in [-0.1, -0.05) is 17.7 Å². The highest BCUT2D eigenvalue weighted by Crippen LogP contribution is 2.23. The minimum Gasteiger partial charge on any atom is -0.348 e. The third-order valence-electron chi connectivity index (χ3n) is 2.83. The standard InChI is InChI=1S/C14H13ClN2O2/c1-8-10(15)4-3-5-11(8)17-14(19)13-7-6-12(16-13)9(2)18/h3-7,16H,1-2H3,(H,17,19). The van der Waals surface area contributed by atoms with E-state index in [2.05, 4.69) is 10.3 Å². The number of rotatable bonds is 3. The minimum absolute atomic E-state index is 0.113. The van der Waals surface area contributed by atoms with Crippen molar-refractivity contribution in [3.8, 4) is 0 Å². The van der Waals surface area contributed by atoms with Crippen LogP contribution >= 0.6 is 11.6 Å². The molecule has 0 saturated heterocycles. The number of aromatic nitrogens is 1. The van der Waals surface area contributed by atoms with E-state index in [0.717, 1.165) is 5.56 Å². The SMILES string of the molecule is CC(=O)c1ccc(C(=O)Nc2cccc(Cl)c2C)[nH]1. The maximum atomic E-state index is 12.0. The van der Waals surface area contributed by atoms with Gasteiger partial charge in [0.1, 0.15) is 5.69 Å². The number of nitrogens with one attached hydrogen (secondary N) is 2. The predicted molar refractivity (Wildman–Crippen MR) is 74.9 cm³/mol. The van der Waals surface area contributed by atoms with Crippen molar-refractivity contribution >= 4 is 29.0 Å². The molecule has 0 radical (unpaired) electrons. The molecule has 98 valence electrons. The summed E-state index contributed by atoms with van der Waals surface area (Å²) in [5.41, 5.74) is 2.20. The Kier molecular flexibility index (Phi) is 3.71. The van der Waals surface area contributed by atoms with Crippen LogP contribution < -0.4 is 5.32 Å². The number of hydrogen-bond acceptors (Lipinski definition) is 2. The summed E-state index contributed by atoms with van der Waals surface area (Å²) < 4.78 is 0. The number of benzene rings is 1. The molecule has 0 aliphatic carbocycles. The summed E-state index contributed by atoms with van der Waals surface area (Å²) in [6.45, 7) is 3.27. The van der Waals surface area contributed by atoms with Gasteiger partial charge in [0.15, 0.2) is 5.78 Å². The second-order valence-corrected chi connectivity index (χ2v) is 4.62. The van der Waals surface area contributed by atoms with Crippen molar-refractivity contribution in [3.05, 3.63) is 52.3 Å². The molecule has 0 spiro atoms. The summed E-state index contributed by atoms with van der Waals surface area (Å²) in [5, 5.41) is 3.35. The first-order chi connectivity index (χ1) is 8.99. The number of Topliss-reactive ketones (excluding diaryl/α,β-unsaturated/α-hetero) is 1. The number of hydrogen-bond donors (Lipinski definition) is 2. The van der Waals surface area contributed by atoms with Crippen molar-refractivity contribution in [1.29, 1.82) is 0 Å². The van der Waals surface area contributed by atoms with E-state index in [1.165, 1.54) is 6.92 Å². The molecule has 0 aliphatic rings. The molecule has 2 N–H and O–H groups in total. The van der Waals surface area contributed by atoms with Gasteiger partial charge in [0.05, 0.1) is 5.69 Å². The summed E-state index contributed by atoms with van der Waals surface area (Å²) in [7, 11) is 0. The second kappa shape index (κ2) is 5.28. The fourth-order valence-corrected chi connectivity index (χ4v) is 1.84. The zero-order valence-electron chi connectivity index (χ0n) is 10.6. The molecular formula is C14H13ClN2O2. The molecule has 19 heavy (non-hydrogen) atoms. The fraction of sp³-hybridized carbons (Fsp3) is 0.143. The largest absolute Gasteiger partial charge is 0.348 e. The lowest BCUT2D eigenvalue weighted by atomic mass is 10.2. The summed E-state index contributed by atoms with van der Waals surface area (Å²) in [6.07, 6.45) is 0. The Labute approximate surface area is 115 Å². The molecule has 1 amide bonds. The summed E-state index contributed by atoms with van der Waals surface area (Å²) >= 11 is 5.99. The van der Waals surface area contributed by atoms with Crippen LogP contribution in [0.4, 0.5) is 5.69 Å². The Morgan fingerprint density at radius 2 is 1.84 bits per heavy atom. The molecule has 1 heterocycles. The average Bonchev–Trinajstić information content (AvgIpc) is 2.84. The van der Waals surface area contributed by atoms with E-state index < -0.39 is 0 Å². The number of anilines is 1. The first-order valence-corrected chi connectivity index (χ1v) is 6.13. The quantitative estimate of drug-likeness (QED) is 0.844. The number of carbonyl (C=O) groups excluding carboxylic acids is 2. The Morgan fingerprint density at radius 3 is 2.47 bits per heavy atom. The van der Waals surface area contributed by atoms with Crippen LogP contribution in [-0.2, 0) is 0 Å². The normalized spacial score (nSPS) is 10.3. The number of ketones is 1. The summed E-state index contributed by atoms with van der Waals surface area (Å²) in [4.78, 5) is 25.9. The predicted octanol–water partition coefficient (Wildman–Crippen LogP) is 3.43. The van der Waals surface area contributed by atoms with Gasteiger partial charge in [-0.25, -0.2) is 0 Å². The zero-order chi connectivity index (χ0) is 14.0. The minimum atomic E-state index is -0.308. The van der Waals surface area contributed by atoms with Gasteiger partial charge in [0, 0.05) is 17.6 Å². The lowest BCUT2D eigenvalue weighted by molar-refractivity contribution is 0.101. The maximum Gasteiger partial charge on any atom is 0.272 e. The van der Waals surface area contributed by atoms with Gasteiger partial charge in [-0.3, -0.25) is 9.59 Å². The van der Waals surface area contributed by atoms with Gasteiger partial charge in [-0.05, 0) is 36.8 Å². The molecule has 1 aromatic heterocycles. The summed E-state index contributed by atoms with van der Waals surface area (Å²) in [5.74, 6) is -0.421. The van der Waals surface area contributed by atoms with E-state index in [4.69, 9.17) is 11.6 Å². The molecule has 0 bridgehead atoms. The molecule has 5 heteroatoms. The zero-order valence-corrected chi connectivity index (χ0v) is 11.3. The van der Waals surface area contributed by atoms with E-state index in [0.29, 0.717) is 22.1 Å². The first-order valence-electron chi connectivity index (χ1n) is 5.75. The molecule has 2 aromatic rings. The van der Waals surface area contributed by atoms with Crippen LogP contribution in [0.2, 0.25) is 5.02 Å². The molecule has 0 fully saturated rings. The lowest BCUT2D eigenvalue weighted by Gasteiger charge is -2.08. The van der Waals surface area contributed by atoms with Crippen molar-refractivity contribution < 1.29 is 9.59 Å². The van der Waals surface area contributed by atoms with Gasteiger partial charge in [-0.15, -0.1) is 0 Å². The van der Waals surface area contributed by atoms with Crippen LogP contribution in [0.15, 0.2) is 30.3 Å². The summed E-state index contributed by atoms with van der Waals surface area (Å²) in [6, 6.07) is 8.46. The van der Waals surface area contributed by atoms with E-state index >= 15 is 0 Å². The van der Waals surface area contributed by atoms with Crippen molar-refractivity contribution in [3.63, 3.8) is 0 Å². The maximum absolute atomic E-state index is 12.0. The third-order valence-corrected chi connectivity index (χ3v) is 3.24. The molecule has 0 unspecified atom stereocenters. The number of carbonyl (C=O) groups is 2.